The van der Waals surface area contributed by atoms with Crippen molar-refractivity contribution in [3.63, 3.8) is 0 Å². The van der Waals surface area contributed by atoms with Crippen molar-refractivity contribution in [1.29, 1.82) is 0 Å². The van der Waals surface area contributed by atoms with E-state index < -0.39 is 10.0 Å². The lowest BCUT2D eigenvalue weighted by atomic mass is 10.2. The lowest BCUT2D eigenvalue weighted by Crippen LogP contribution is -2.28. The normalized spacial score (nSPS) is 14.5. The number of amides is 1. The van der Waals surface area contributed by atoms with Crippen LogP contribution in [0.25, 0.3) is 0 Å². The van der Waals surface area contributed by atoms with Crippen molar-refractivity contribution in [1.82, 2.24) is 14.9 Å². The summed E-state index contributed by atoms with van der Waals surface area (Å²) in [6.45, 7) is 3.60. The molecule has 0 spiro atoms. The van der Waals surface area contributed by atoms with E-state index in [1.54, 1.807) is 19.1 Å². The molecule has 0 saturated heterocycles. The molecule has 3 rings (SSSR count). The van der Waals surface area contributed by atoms with Crippen LogP contribution >= 0.6 is 11.3 Å². The number of aromatic nitrogens is 2. The van der Waals surface area contributed by atoms with E-state index >= 15 is 0 Å². The first-order valence-electron chi connectivity index (χ1n) is 8.05. The van der Waals surface area contributed by atoms with Gasteiger partial charge >= 0.3 is 0 Å². The Hall–Kier alpha value is -1.84. The molecule has 1 fully saturated rings. The zero-order chi connectivity index (χ0) is 18.0. The molecule has 7 nitrogen and oxygen atoms in total. The van der Waals surface area contributed by atoms with Crippen molar-refractivity contribution < 1.29 is 13.2 Å². The van der Waals surface area contributed by atoms with Crippen LogP contribution in [-0.2, 0) is 14.8 Å². The number of benzene rings is 1. The minimum absolute atomic E-state index is 0.0236. The Bertz CT molecular complexity index is 889. The molecule has 1 saturated carbocycles. The van der Waals surface area contributed by atoms with Crippen LogP contribution in [0, 0.1) is 13.8 Å². The SMILES string of the molecule is Cc1ccc(C)c(S(=O)(=O)NCCC(=O)Nc2nnc(C3CC3)s2)c1. The fraction of sp³-hybridized carbons (Fsp3) is 0.438. The van der Waals surface area contributed by atoms with Gasteiger partial charge < -0.3 is 5.32 Å². The number of hydrogen-bond acceptors (Lipinski definition) is 6. The summed E-state index contributed by atoms with van der Waals surface area (Å²) in [6, 6.07) is 5.25. The van der Waals surface area contributed by atoms with Crippen molar-refractivity contribution in [3.05, 3.63) is 34.3 Å². The molecule has 0 atom stereocenters. The van der Waals surface area contributed by atoms with Crippen molar-refractivity contribution in [3.8, 4) is 0 Å². The first-order chi connectivity index (χ1) is 11.8. The summed E-state index contributed by atoms with van der Waals surface area (Å²) in [7, 11) is -3.64. The average molecular weight is 380 g/mol. The van der Waals surface area contributed by atoms with Crippen LogP contribution in [0.4, 0.5) is 5.13 Å². The van der Waals surface area contributed by atoms with Gasteiger partial charge in [0, 0.05) is 18.9 Å². The first kappa shape index (κ1) is 18.0. The predicted molar refractivity (Wildman–Crippen MR) is 96.2 cm³/mol. The standard InChI is InChI=1S/C16H20N4O3S2/c1-10-3-4-11(2)13(9-10)25(22,23)17-8-7-14(21)18-16-20-19-15(24-16)12-5-6-12/h3-4,9,12,17H,5-8H2,1-2H3,(H,18,20,21). The number of rotatable bonds is 7. The molecule has 25 heavy (non-hydrogen) atoms. The van der Waals surface area contributed by atoms with Crippen LogP contribution in [0.15, 0.2) is 23.1 Å². The largest absolute Gasteiger partial charge is 0.300 e. The molecule has 9 heteroatoms. The van der Waals surface area contributed by atoms with Crippen molar-refractivity contribution in [2.45, 2.75) is 43.9 Å². The highest BCUT2D eigenvalue weighted by atomic mass is 32.2. The summed E-state index contributed by atoms with van der Waals surface area (Å²) in [5.74, 6) is 0.203. The number of aryl methyl sites for hydroxylation is 2. The Morgan fingerprint density at radius 1 is 1.28 bits per heavy atom. The van der Waals surface area contributed by atoms with Crippen molar-refractivity contribution >= 4 is 32.4 Å². The maximum absolute atomic E-state index is 12.4. The highest BCUT2D eigenvalue weighted by Gasteiger charge is 2.27. The quantitative estimate of drug-likeness (QED) is 0.768. The molecular weight excluding hydrogens is 360 g/mol. The van der Waals surface area contributed by atoms with Gasteiger partial charge in [0.1, 0.15) is 5.01 Å². The van der Waals surface area contributed by atoms with Gasteiger partial charge in [-0.05, 0) is 43.9 Å². The number of anilines is 1. The third-order valence-corrected chi connectivity index (χ3v) is 6.50. The minimum atomic E-state index is -3.64. The average Bonchev–Trinajstić information content (AvgIpc) is 3.30. The van der Waals surface area contributed by atoms with Crippen LogP contribution in [0.5, 0.6) is 0 Å². The van der Waals surface area contributed by atoms with Gasteiger partial charge in [0.25, 0.3) is 0 Å². The summed E-state index contributed by atoms with van der Waals surface area (Å²) < 4.78 is 27.2. The molecule has 1 heterocycles. The van der Waals surface area contributed by atoms with Gasteiger partial charge in [0.05, 0.1) is 4.90 Å². The molecule has 1 amide bonds. The maximum Gasteiger partial charge on any atom is 0.240 e. The van der Waals surface area contributed by atoms with Crippen LogP contribution in [0.2, 0.25) is 0 Å². The Balaban J connectivity index is 1.52. The number of nitrogens with zero attached hydrogens (tertiary/aromatic N) is 2. The maximum atomic E-state index is 12.4. The van der Waals surface area contributed by atoms with Crippen LogP contribution in [0.3, 0.4) is 0 Å². The molecule has 0 radical (unpaired) electrons. The second-order valence-corrected chi connectivity index (χ2v) is 8.93. The molecule has 0 bridgehead atoms. The molecule has 1 aromatic carbocycles. The van der Waals surface area contributed by atoms with E-state index in [9.17, 15) is 13.2 Å². The number of carbonyl (C=O) groups excluding carboxylic acids is 1. The van der Waals surface area contributed by atoms with Gasteiger partial charge in [-0.3, -0.25) is 4.79 Å². The zero-order valence-corrected chi connectivity index (χ0v) is 15.7. The molecule has 0 unspecified atom stereocenters. The highest BCUT2D eigenvalue weighted by Crippen LogP contribution is 2.42. The topological polar surface area (TPSA) is 101 Å². The van der Waals surface area contributed by atoms with Crippen LogP contribution < -0.4 is 10.0 Å². The Kier molecular flexibility index (Phi) is 5.16. The summed E-state index contributed by atoms with van der Waals surface area (Å²) in [6.07, 6.45) is 2.29. The second-order valence-electron chi connectivity index (χ2n) is 6.18. The number of nitrogens with one attached hydrogen (secondary N) is 2. The first-order valence-corrected chi connectivity index (χ1v) is 10.4. The van der Waals surface area contributed by atoms with Crippen LogP contribution in [-0.4, -0.2) is 31.1 Å². The number of carbonyl (C=O) groups is 1. The van der Waals surface area contributed by atoms with Crippen LogP contribution in [0.1, 0.15) is 41.3 Å². The van der Waals surface area contributed by atoms with E-state index in [4.69, 9.17) is 0 Å². The molecule has 134 valence electrons. The lowest BCUT2D eigenvalue weighted by molar-refractivity contribution is -0.116. The monoisotopic (exact) mass is 380 g/mol. The molecule has 1 aliphatic carbocycles. The van der Waals surface area contributed by atoms with Gasteiger partial charge in [-0.15, -0.1) is 10.2 Å². The van der Waals surface area contributed by atoms with Gasteiger partial charge in [0.15, 0.2) is 0 Å². The fourth-order valence-corrected chi connectivity index (χ4v) is 4.62. The van der Waals surface area contributed by atoms with Gasteiger partial charge in [0.2, 0.25) is 21.1 Å². The molecule has 2 aromatic rings. The van der Waals surface area contributed by atoms with Gasteiger partial charge in [-0.2, -0.15) is 0 Å². The molecule has 2 N–H and O–H groups in total. The van der Waals surface area contributed by atoms with E-state index in [-0.39, 0.29) is 23.8 Å². The van der Waals surface area contributed by atoms with Gasteiger partial charge in [-0.25, -0.2) is 13.1 Å². The fourth-order valence-electron chi connectivity index (χ4n) is 2.34. The molecule has 0 aliphatic heterocycles. The smallest absolute Gasteiger partial charge is 0.240 e. The van der Waals surface area contributed by atoms with E-state index in [0.29, 0.717) is 16.6 Å². The third-order valence-electron chi connectivity index (χ3n) is 3.89. The summed E-state index contributed by atoms with van der Waals surface area (Å²) in [4.78, 5) is 12.2. The predicted octanol–water partition coefficient (Wildman–Crippen LogP) is 2.34. The van der Waals surface area contributed by atoms with E-state index in [1.807, 2.05) is 13.0 Å². The molecule has 1 aliphatic rings. The van der Waals surface area contributed by atoms with E-state index in [1.165, 1.54) is 11.3 Å². The lowest BCUT2D eigenvalue weighted by Gasteiger charge is -2.10. The Morgan fingerprint density at radius 2 is 2.04 bits per heavy atom. The number of hydrogen-bond donors (Lipinski definition) is 2. The molecular formula is C16H20N4O3S2. The third kappa shape index (κ3) is 4.62. The number of sulfonamides is 1. The minimum Gasteiger partial charge on any atom is -0.300 e. The molecule has 1 aromatic heterocycles. The zero-order valence-electron chi connectivity index (χ0n) is 14.1. The highest BCUT2D eigenvalue weighted by molar-refractivity contribution is 7.89. The Morgan fingerprint density at radius 3 is 2.76 bits per heavy atom. The van der Waals surface area contributed by atoms with E-state index in [2.05, 4.69) is 20.2 Å². The Labute approximate surface area is 150 Å². The van der Waals surface area contributed by atoms with Crippen molar-refractivity contribution in [2.75, 3.05) is 11.9 Å². The van der Waals surface area contributed by atoms with Gasteiger partial charge in [-0.1, -0.05) is 23.5 Å². The second kappa shape index (κ2) is 7.19. The summed E-state index contributed by atoms with van der Waals surface area (Å²) in [5.41, 5.74) is 1.54. The summed E-state index contributed by atoms with van der Waals surface area (Å²) >= 11 is 1.38. The van der Waals surface area contributed by atoms with E-state index in [0.717, 1.165) is 23.4 Å². The van der Waals surface area contributed by atoms with Crippen molar-refractivity contribution in [2.24, 2.45) is 0 Å². The summed E-state index contributed by atoms with van der Waals surface area (Å²) in [5, 5.41) is 12.1.